The zero-order valence-corrected chi connectivity index (χ0v) is 10.7. The number of hydrogen-bond acceptors (Lipinski definition) is 2. The molecule has 0 unspecified atom stereocenters. The lowest BCUT2D eigenvalue weighted by Crippen LogP contribution is -2.25. The summed E-state index contributed by atoms with van der Waals surface area (Å²) in [4.78, 5) is 15.8. The maximum Gasteiger partial charge on any atom is 0.222 e. The largest absolute Gasteiger partial charge is 0.351 e. The molecule has 0 aliphatic rings. The van der Waals surface area contributed by atoms with Gasteiger partial charge >= 0.3 is 0 Å². The minimum absolute atomic E-state index is 0.0467. The molecule has 1 N–H and O–H groups in total. The van der Waals surface area contributed by atoms with Crippen molar-refractivity contribution >= 4 is 28.5 Å². The molecule has 94 valence electrons. The highest BCUT2D eigenvalue weighted by Crippen LogP contribution is 2.11. The zero-order valence-electron chi connectivity index (χ0n) is 9.90. The van der Waals surface area contributed by atoms with Crippen LogP contribution in [0.3, 0.4) is 0 Å². The Morgan fingerprint density at radius 1 is 1.44 bits per heavy atom. The molecule has 0 aliphatic heterocycles. The molecular formula is C13H14ClN3O. The third-order valence-corrected chi connectivity index (χ3v) is 2.72. The molecule has 0 fully saturated rings. The first kappa shape index (κ1) is 12.6. The summed E-state index contributed by atoms with van der Waals surface area (Å²) in [5.41, 5.74) is 1.97. The molecule has 5 heteroatoms. The molecule has 18 heavy (non-hydrogen) atoms. The van der Waals surface area contributed by atoms with E-state index in [1.54, 1.807) is 6.33 Å². The summed E-state index contributed by atoms with van der Waals surface area (Å²) in [7, 11) is 0. The van der Waals surface area contributed by atoms with Crippen LogP contribution in [0.5, 0.6) is 0 Å². The van der Waals surface area contributed by atoms with Gasteiger partial charge in [-0.2, -0.15) is 0 Å². The van der Waals surface area contributed by atoms with Crippen molar-refractivity contribution in [3.63, 3.8) is 0 Å². The molecule has 1 amide bonds. The molecule has 1 heterocycles. The number of carbonyl (C=O) groups excluding carboxylic acids is 1. The molecule has 0 atom stereocenters. The Labute approximate surface area is 110 Å². The van der Waals surface area contributed by atoms with E-state index in [1.165, 1.54) is 0 Å². The number of hydrogen-bond donors (Lipinski definition) is 1. The van der Waals surface area contributed by atoms with E-state index < -0.39 is 0 Å². The van der Waals surface area contributed by atoms with Gasteiger partial charge in [0.25, 0.3) is 0 Å². The lowest BCUT2D eigenvalue weighted by Gasteiger charge is -2.05. The van der Waals surface area contributed by atoms with Crippen LogP contribution < -0.4 is 5.32 Å². The van der Waals surface area contributed by atoms with Gasteiger partial charge in [-0.25, -0.2) is 4.98 Å². The average molecular weight is 264 g/mol. The van der Waals surface area contributed by atoms with Gasteiger partial charge in [0.1, 0.15) is 0 Å². The van der Waals surface area contributed by atoms with Crippen LogP contribution in [-0.4, -0.2) is 22.0 Å². The van der Waals surface area contributed by atoms with Crippen LogP contribution in [0.2, 0.25) is 0 Å². The van der Waals surface area contributed by atoms with Gasteiger partial charge in [-0.15, -0.1) is 0 Å². The summed E-state index contributed by atoms with van der Waals surface area (Å²) in [6.07, 6.45) is 2.14. The molecule has 0 bridgehead atoms. The standard InChI is InChI=1S/C13H14ClN3O/c1-10(14)8-15-13(18)6-7-17-9-16-11-4-2-3-5-12(11)17/h2-5,9H,1,6-8H2,(H,15,18). The maximum atomic E-state index is 11.5. The van der Waals surface area contributed by atoms with Gasteiger partial charge in [0.15, 0.2) is 0 Å². The number of benzene rings is 1. The molecule has 1 aromatic carbocycles. The smallest absolute Gasteiger partial charge is 0.222 e. The lowest BCUT2D eigenvalue weighted by atomic mass is 10.3. The van der Waals surface area contributed by atoms with Crippen molar-refractivity contribution in [1.82, 2.24) is 14.9 Å². The number of aromatic nitrogens is 2. The van der Waals surface area contributed by atoms with Crippen LogP contribution in [0, 0.1) is 0 Å². The third kappa shape index (κ3) is 3.11. The zero-order chi connectivity index (χ0) is 13.0. The van der Waals surface area contributed by atoms with Crippen molar-refractivity contribution < 1.29 is 4.79 Å². The number of carbonyl (C=O) groups is 1. The van der Waals surface area contributed by atoms with E-state index in [0.717, 1.165) is 11.0 Å². The van der Waals surface area contributed by atoms with Crippen molar-refractivity contribution in [3.8, 4) is 0 Å². The summed E-state index contributed by atoms with van der Waals surface area (Å²) < 4.78 is 1.96. The second-order valence-corrected chi connectivity index (χ2v) is 4.51. The number of aryl methyl sites for hydroxylation is 1. The van der Waals surface area contributed by atoms with Crippen molar-refractivity contribution in [1.29, 1.82) is 0 Å². The molecule has 2 rings (SSSR count). The van der Waals surface area contributed by atoms with Crippen LogP contribution in [0.1, 0.15) is 6.42 Å². The molecule has 0 saturated heterocycles. The first-order valence-corrected chi connectivity index (χ1v) is 6.04. The van der Waals surface area contributed by atoms with Crippen LogP contribution >= 0.6 is 11.6 Å². The summed E-state index contributed by atoms with van der Waals surface area (Å²) >= 11 is 5.58. The maximum absolute atomic E-state index is 11.5. The Morgan fingerprint density at radius 2 is 2.22 bits per heavy atom. The fourth-order valence-corrected chi connectivity index (χ4v) is 1.76. The summed E-state index contributed by atoms with van der Waals surface area (Å²) in [5, 5.41) is 3.12. The second kappa shape index (κ2) is 5.69. The topological polar surface area (TPSA) is 46.9 Å². The monoisotopic (exact) mass is 263 g/mol. The number of para-hydroxylation sites is 2. The molecule has 4 nitrogen and oxygen atoms in total. The van der Waals surface area contributed by atoms with Gasteiger partial charge in [-0.3, -0.25) is 4.79 Å². The number of imidazole rings is 1. The molecule has 2 aromatic rings. The van der Waals surface area contributed by atoms with E-state index in [1.807, 2.05) is 28.8 Å². The molecule has 1 aromatic heterocycles. The van der Waals surface area contributed by atoms with Gasteiger partial charge in [-0.1, -0.05) is 30.3 Å². The fraction of sp³-hybridized carbons (Fsp3) is 0.231. The Hall–Kier alpha value is -1.81. The van der Waals surface area contributed by atoms with Gasteiger partial charge in [0.2, 0.25) is 5.91 Å². The van der Waals surface area contributed by atoms with Crippen LogP contribution in [0.25, 0.3) is 11.0 Å². The predicted octanol–water partition coefficient (Wildman–Crippen LogP) is 2.30. The van der Waals surface area contributed by atoms with Gasteiger partial charge in [-0.05, 0) is 12.1 Å². The van der Waals surface area contributed by atoms with E-state index in [4.69, 9.17) is 11.6 Å². The number of amides is 1. The van der Waals surface area contributed by atoms with Crippen LogP contribution in [0.4, 0.5) is 0 Å². The molecule has 0 aliphatic carbocycles. The van der Waals surface area contributed by atoms with Crippen molar-refractivity contribution in [2.75, 3.05) is 6.54 Å². The first-order valence-electron chi connectivity index (χ1n) is 5.66. The summed E-state index contributed by atoms with van der Waals surface area (Å²) in [6, 6.07) is 7.83. The van der Waals surface area contributed by atoms with Gasteiger partial charge in [0.05, 0.1) is 23.9 Å². The highest BCUT2D eigenvalue weighted by atomic mass is 35.5. The number of nitrogens with zero attached hydrogens (tertiary/aromatic N) is 2. The number of rotatable bonds is 5. The highest BCUT2D eigenvalue weighted by Gasteiger charge is 2.04. The van der Waals surface area contributed by atoms with E-state index in [0.29, 0.717) is 24.5 Å². The summed E-state index contributed by atoms with van der Waals surface area (Å²) in [6.45, 7) is 4.42. The first-order chi connectivity index (χ1) is 8.66. The normalized spacial score (nSPS) is 10.5. The lowest BCUT2D eigenvalue weighted by molar-refractivity contribution is -0.121. The van der Waals surface area contributed by atoms with E-state index in [9.17, 15) is 4.79 Å². The van der Waals surface area contributed by atoms with E-state index in [2.05, 4.69) is 16.9 Å². The molecule has 0 spiro atoms. The van der Waals surface area contributed by atoms with E-state index in [-0.39, 0.29) is 5.91 Å². The second-order valence-electron chi connectivity index (χ2n) is 3.97. The Morgan fingerprint density at radius 3 is 3.00 bits per heavy atom. The minimum atomic E-state index is -0.0467. The van der Waals surface area contributed by atoms with Crippen LogP contribution in [0.15, 0.2) is 42.2 Å². The van der Waals surface area contributed by atoms with E-state index >= 15 is 0 Å². The van der Waals surface area contributed by atoms with Crippen molar-refractivity contribution in [2.24, 2.45) is 0 Å². The van der Waals surface area contributed by atoms with Crippen molar-refractivity contribution in [3.05, 3.63) is 42.2 Å². The molecule has 0 saturated carbocycles. The average Bonchev–Trinajstić information content (AvgIpc) is 2.77. The highest BCUT2D eigenvalue weighted by molar-refractivity contribution is 6.29. The predicted molar refractivity (Wildman–Crippen MR) is 72.4 cm³/mol. The Kier molecular flexibility index (Phi) is 3.99. The number of fused-ring (bicyclic) bond motifs is 1. The minimum Gasteiger partial charge on any atom is -0.351 e. The Balaban J connectivity index is 1.94. The van der Waals surface area contributed by atoms with Gasteiger partial charge < -0.3 is 9.88 Å². The van der Waals surface area contributed by atoms with Crippen LogP contribution in [-0.2, 0) is 11.3 Å². The number of nitrogens with one attached hydrogen (secondary N) is 1. The SMILES string of the molecule is C=C(Cl)CNC(=O)CCn1cnc2ccccc21. The summed E-state index contributed by atoms with van der Waals surface area (Å²) in [5.74, 6) is -0.0467. The third-order valence-electron chi connectivity index (χ3n) is 2.58. The Bertz CT molecular complexity index is 576. The number of halogens is 1. The molecular weight excluding hydrogens is 250 g/mol. The fourth-order valence-electron chi connectivity index (χ4n) is 1.69. The van der Waals surface area contributed by atoms with Crippen molar-refractivity contribution in [2.45, 2.75) is 13.0 Å². The quantitative estimate of drug-likeness (QED) is 0.900. The molecule has 0 radical (unpaired) electrons. The van der Waals surface area contributed by atoms with Gasteiger partial charge in [0, 0.05) is 18.0 Å².